The summed E-state index contributed by atoms with van der Waals surface area (Å²) in [6, 6.07) is 13.0. The van der Waals surface area contributed by atoms with Gasteiger partial charge in [0.05, 0.1) is 22.9 Å². The van der Waals surface area contributed by atoms with Crippen molar-refractivity contribution in [1.82, 2.24) is 9.97 Å². The molecule has 0 N–H and O–H groups in total. The highest BCUT2D eigenvalue weighted by Gasteiger charge is 2.51. The standard InChI is InChI=1S/C37H46N4O3S/c1-40(2)32-14-13-29(22-38-32)37-18-15-36(16-19-37,17-20-37)24-41(34(42)26-9-11-27(12-10-26)35(43)44-3)30-6-4-5-28(21-30)31-23-39-33(45-31)25-7-8-25/h4-6,13-14,21-23,25-27H,7-12,15-20,24H2,1-3H3/t26-,27-,36?,37?. The third kappa shape index (κ3) is 6.02. The van der Waals surface area contributed by atoms with Crippen molar-refractivity contribution in [3.05, 3.63) is 59.4 Å². The fraction of sp³-hybridized carbons (Fsp3) is 0.568. The van der Waals surface area contributed by atoms with Gasteiger partial charge in [0.1, 0.15) is 5.82 Å². The summed E-state index contributed by atoms with van der Waals surface area (Å²) in [5.74, 6) is 1.55. The number of aromatic nitrogens is 2. The molecule has 0 aliphatic heterocycles. The van der Waals surface area contributed by atoms with Crippen molar-refractivity contribution < 1.29 is 14.3 Å². The quantitative estimate of drug-likeness (QED) is 0.226. The molecule has 2 heterocycles. The van der Waals surface area contributed by atoms with E-state index in [1.54, 1.807) is 11.3 Å². The molecule has 0 radical (unpaired) electrons. The number of benzene rings is 1. The van der Waals surface area contributed by atoms with E-state index in [2.05, 4.69) is 52.4 Å². The van der Waals surface area contributed by atoms with E-state index in [1.807, 2.05) is 20.3 Å². The summed E-state index contributed by atoms with van der Waals surface area (Å²) in [6.45, 7) is 0.760. The van der Waals surface area contributed by atoms with Gasteiger partial charge in [-0.05, 0) is 117 Å². The van der Waals surface area contributed by atoms with Crippen LogP contribution in [0.25, 0.3) is 10.4 Å². The van der Waals surface area contributed by atoms with Crippen LogP contribution in [0.4, 0.5) is 11.5 Å². The van der Waals surface area contributed by atoms with Crippen LogP contribution < -0.4 is 9.80 Å². The predicted octanol–water partition coefficient (Wildman–Crippen LogP) is 7.75. The Bertz CT molecular complexity index is 1510. The molecule has 7 nitrogen and oxygen atoms in total. The van der Waals surface area contributed by atoms with Gasteiger partial charge >= 0.3 is 5.97 Å². The molecule has 8 heteroatoms. The fourth-order valence-electron chi connectivity index (χ4n) is 8.26. The average Bonchev–Trinajstić information content (AvgIpc) is 3.83. The van der Waals surface area contributed by atoms with E-state index in [4.69, 9.17) is 14.7 Å². The number of carbonyl (C=O) groups excluding carboxylic acids is 2. The second-order valence-corrected chi connectivity index (χ2v) is 15.5. The number of methoxy groups -OCH3 is 1. The number of nitrogens with zero attached hydrogens (tertiary/aromatic N) is 4. The molecule has 8 rings (SSSR count). The van der Waals surface area contributed by atoms with Crippen molar-refractivity contribution in [2.24, 2.45) is 17.3 Å². The van der Waals surface area contributed by atoms with E-state index in [0.717, 1.165) is 87.8 Å². The number of thiazole rings is 1. The molecule has 1 amide bonds. The molecule has 2 bridgehead atoms. The number of anilines is 2. The molecule has 0 saturated heterocycles. The monoisotopic (exact) mass is 626 g/mol. The van der Waals surface area contributed by atoms with Gasteiger partial charge in [-0.1, -0.05) is 18.2 Å². The third-order valence-corrected chi connectivity index (χ3v) is 12.7. The Morgan fingerprint density at radius 1 is 0.889 bits per heavy atom. The lowest BCUT2D eigenvalue weighted by Crippen LogP contribution is -2.51. The van der Waals surface area contributed by atoms with Crippen molar-refractivity contribution in [3.63, 3.8) is 0 Å². The summed E-state index contributed by atoms with van der Waals surface area (Å²) in [7, 11) is 5.53. The first-order valence-electron chi connectivity index (χ1n) is 16.9. The van der Waals surface area contributed by atoms with Crippen LogP contribution >= 0.6 is 11.3 Å². The van der Waals surface area contributed by atoms with Crippen LogP contribution in [0.15, 0.2) is 48.8 Å². The maximum atomic E-state index is 14.5. The highest BCUT2D eigenvalue weighted by Crippen LogP contribution is 2.58. The first-order valence-corrected chi connectivity index (χ1v) is 17.7. The summed E-state index contributed by atoms with van der Waals surface area (Å²) in [5, 5.41) is 1.24. The van der Waals surface area contributed by atoms with Gasteiger partial charge < -0.3 is 14.5 Å². The number of esters is 1. The number of fused-ring (bicyclic) bond motifs is 3. The topological polar surface area (TPSA) is 75.6 Å². The van der Waals surface area contributed by atoms with Crippen LogP contribution in [0.2, 0.25) is 0 Å². The van der Waals surface area contributed by atoms with E-state index in [-0.39, 0.29) is 34.5 Å². The Labute approximate surface area is 271 Å². The highest BCUT2D eigenvalue weighted by atomic mass is 32.1. The second-order valence-electron chi connectivity index (χ2n) is 14.5. The Morgan fingerprint density at radius 2 is 1.60 bits per heavy atom. The first kappa shape index (κ1) is 30.4. The minimum Gasteiger partial charge on any atom is -0.469 e. The van der Waals surface area contributed by atoms with E-state index in [9.17, 15) is 9.59 Å². The number of ether oxygens (including phenoxy) is 1. The summed E-state index contributed by atoms with van der Waals surface area (Å²) >= 11 is 1.80. The summed E-state index contributed by atoms with van der Waals surface area (Å²) in [6.07, 6.45) is 16.3. The summed E-state index contributed by atoms with van der Waals surface area (Å²) in [5.41, 5.74) is 3.83. The van der Waals surface area contributed by atoms with Crippen LogP contribution in [0.3, 0.4) is 0 Å². The number of hydrogen-bond donors (Lipinski definition) is 0. The molecule has 0 unspecified atom stereocenters. The van der Waals surface area contributed by atoms with Gasteiger partial charge in [-0.15, -0.1) is 11.3 Å². The summed E-state index contributed by atoms with van der Waals surface area (Å²) in [4.78, 5) is 41.6. The highest BCUT2D eigenvalue weighted by molar-refractivity contribution is 7.15. The molecule has 1 aromatic carbocycles. The number of carbonyl (C=O) groups is 2. The van der Waals surface area contributed by atoms with Crippen molar-refractivity contribution in [1.29, 1.82) is 0 Å². The average molecular weight is 627 g/mol. The van der Waals surface area contributed by atoms with Gasteiger partial charge in [-0.25, -0.2) is 9.97 Å². The van der Waals surface area contributed by atoms with Crippen molar-refractivity contribution >= 4 is 34.7 Å². The largest absolute Gasteiger partial charge is 0.469 e. The van der Waals surface area contributed by atoms with Crippen molar-refractivity contribution in [2.75, 3.05) is 37.5 Å². The molecule has 45 heavy (non-hydrogen) atoms. The lowest BCUT2D eigenvalue weighted by Gasteiger charge is -2.55. The first-order chi connectivity index (χ1) is 21.8. The molecule has 0 atom stereocenters. The van der Waals surface area contributed by atoms with Crippen molar-refractivity contribution in [3.8, 4) is 10.4 Å². The van der Waals surface area contributed by atoms with Gasteiger partial charge in [0, 0.05) is 50.6 Å². The molecule has 5 aliphatic carbocycles. The summed E-state index contributed by atoms with van der Waals surface area (Å²) < 4.78 is 5.02. The van der Waals surface area contributed by atoms with Gasteiger partial charge in [0.15, 0.2) is 0 Å². The third-order valence-electron chi connectivity index (χ3n) is 11.5. The Morgan fingerprint density at radius 3 is 2.22 bits per heavy atom. The Kier molecular flexibility index (Phi) is 8.21. The van der Waals surface area contributed by atoms with E-state index in [0.29, 0.717) is 5.92 Å². The van der Waals surface area contributed by atoms with Gasteiger partial charge in [0.2, 0.25) is 5.91 Å². The fourth-order valence-corrected chi connectivity index (χ4v) is 9.34. The molecule has 5 aliphatic rings. The molecule has 238 valence electrons. The zero-order valence-corrected chi connectivity index (χ0v) is 27.8. The molecule has 0 spiro atoms. The number of rotatable bonds is 9. The van der Waals surface area contributed by atoms with Gasteiger partial charge in [-0.2, -0.15) is 0 Å². The van der Waals surface area contributed by atoms with E-state index >= 15 is 0 Å². The number of hydrogen-bond acceptors (Lipinski definition) is 7. The molecule has 2 aromatic heterocycles. The number of amides is 1. The zero-order chi connectivity index (χ0) is 31.2. The molecular formula is C37H46N4O3S. The Balaban J connectivity index is 1.13. The number of pyridine rings is 1. The predicted molar refractivity (Wildman–Crippen MR) is 180 cm³/mol. The van der Waals surface area contributed by atoms with Crippen LogP contribution in [-0.2, 0) is 19.7 Å². The van der Waals surface area contributed by atoms with E-state index < -0.39 is 0 Å². The van der Waals surface area contributed by atoms with Gasteiger partial charge in [-0.3, -0.25) is 9.59 Å². The van der Waals surface area contributed by atoms with Crippen LogP contribution in [0.1, 0.15) is 93.5 Å². The zero-order valence-electron chi connectivity index (χ0n) is 27.0. The SMILES string of the molecule is COC(=O)[C@H]1CC[C@H](C(=O)N(CC23CCC(c4ccc(N(C)C)nc4)(CC2)CC3)c2cccc(-c3cnc(C4CC4)s3)c2)CC1. The van der Waals surface area contributed by atoms with Gasteiger partial charge in [0.25, 0.3) is 0 Å². The van der Waals surface area contributed by atoms with Crippen LogP contribution in [0, 0.1) is 17.3 Å². The lowest BCUT2D eigenvalue weighted by atomic mass is 9.52. The second kappa shape index (κ2) is 12.2. The minimum atomic E-state index is -0.140. The molecule has 5 saturated carbocycles. The van der Waals surface area contributed by atoms with Crippen LogP contribution in [0.5, 0.6) is 0 Å². The normalized spacial score (nSPS) is 27.6. The lowest BCUT2D eigenvalue weighted by molar-refractivity contribution is -0.147. The van der Waals surface area contributed by atoms with Crippen LogP contribution in [-0.4, -0.2) is 49.6 Å². The van der Waals surface area contributed by atoms with E-state index in [1.165, 1.54) is 35.4 Å². The Hall–Kier alpha value is -3.26. The molecule has 5 fully saturated rings. The smallest absolute Gasteiger partial charge is 0.308 e. The molecular weight excluding hydrogens is 580 g/mol. The minimum absolute atomic E-state index is 0.0663. The maximum Gasteiger partial charge on any atom is 0.308 e. The maximum absolute atomic E-state index is 14.5. The molecule has 3 aromatic rings. The van der Waals surface area contributed by atoms with Crippen molar-refractivity contribution in [2.45, 2.75) is 88.4 Å².